The fourth-order valence-electron chi connectivity index (χ4n) is 6.99. The quantitative estimate of drug-likeness (QED) is 0.191. The average Bonchev–Trinajstić information content (AvgIpc) is 3.54. The molecule has 0 bridgehead atoms. The number of benzene rings is 6. The van der Waals surface area contributed by atoms with Crippen molar-refractivity contribution in [2.75, 3.05) is 0 Å². The average molecular weight is 676 g/mol. The second-order valence-electron chi connectivity index (χ2n) is 14.7. The number of para-hydroxylation sites is 2. The van der Waals surface area contributed by atoms with Crippen molar-refractivity contribution >= 4 is 11.0 Å². The van der Waals surface area contributed by atoms with Crippen molar-refractivity contribution in [3.63, 3.8) is 0 Å². The first-order valence-corrected chi connectivity index (χ1v) is 17.8. The molecular formula is C48H41N3O. The number of aromatic nitrogens is 3. The zero-order valence-corrected chi connectivity index (χ0v) is 30.2. The predicted molar refractivity (Wildman–Crippen MR) is 216 cm³/mol. The highest BCUT2D eigenvalue weighted by Crippen LogP contribution is 2.41. The van der Waals surface area contributed by atoms with Gasteiger partial charge in [0.05, 0.1) is 28.0 Å². The molecule has 0 unspecified atom stereocenters. The maximum absolute atomic E-state index is 11.2. The molecule has 0 atom stereocenters. The van der Waals surface area contributed by atoms with Gasteiger partial charge in [0, 0.05) is 22.9 Å². The Hall–Kier alpha value is -6.26. The molecule has 52 heavy (non-hydrogen) atoms. The topological polar surface area (TPSA) is 50.9 Å². The number of aryl methyl sites for hydroxylation is 2. The van der Waals surface area contributed by atoms with Crippen molar-refractivity contribution in [2.45, 2.75) is 40.0 Å². The third-order valence-electron chi connectivity index (χ3n) is 9.86. The van der Waals surface area contributed by atoms with Gasteiger partial charge in [0.15, 0.2) is 0 Å². The number of phenolic OH excluding ortho intramolecular Hbond substituents is 1. The zero-order valence-electron chi connectivity index (χ0n) is 30.2. The number of fused-ring (bicyclic) bond motifs is 1. The van der Waals surface area contributed by atoms with Crippen molar-refractivity contribution in [3.05, 3.63) is 168 Å². The number of hydrogen-bond acceptors (Lipinski definition) is 3. The summed E-state index contributed by atoms with van der Waals surface area (Å²) in [5.41, 5.74) is 15.6. The fourth-order valence-corrected chi connectivity index (χ4v) is 6.99. The molecular weight excluding hydrogens is 635 g/mol. The van der Waals surface area contributed by atoms with Gasteiger partial charge in [-0.05, 0) is 102 Å². The van der Waals surface area contributed by atoms with Gasteiger partial charge in [-0.1, -0.05) is 123 Å². The number of phenols is 1. The van der Waals surface area contributed by atoms with Crippen LogP contribution in [0.1, 0.15) is 37.5 Å². The van der Waals surface area contributed by atoms with E-state index in [4.69, 9.17) is 9.97 Å². The Morgan fingerprint density at radius 3 is 2.02 bits per heavy atom. The smallest absolute Gasteiger partial charge is 0.149 e. The summed E-state index contributed by atoms with van der Waals surface area (Å²) in [7, 11) is 0. The van der Waals surface area contributed by atoms with E-state index in [2.05, 4.69) is 154 Å². The van der Waals surface area contributed by atoms with E-state index < -0.39 is 0 Å². The molecule has 4 heteroatoms. The standard InChI is InChI=1S/C48H41N3O/c1-31-18-21-33(22-19-31)35-24-25-49-42(30-35)37-27-36(28-38(29-37)48(3,4)5)39-15-11-16-44-46(39)50-47(40-14-9-10-17-45(40)52)51(44)43-23-20-32(2)26-41(43)34-12-7-6-8-13-34/h6-30,52H,1-5H3. The van der Waals surface area contributed by atoms with Gasteiger partial charge >= 0.3 is 0 Å². The molecule has 0 spiro atoms. The molecule has 0 saturated heterocycles. The molecule has 0 amide bonds. The Morgan fingerprint density at radius 1 is 0.538 bits per heavy atom. The molecule has 0 aliphatic heterocycles. The summed E-state index contributed by atoms with van der Waals surface area (Å²) in [6.45, 7) is 11.0. The van der Waals surface area contributed by atoms with Gasteiger partial charge in [0.1, 0.15) is 11.6 Å². The van der Waals surface area contributed by atoms with Crippen LogP contribution in [0.2, 0.25) is 0 Å². The number of nitrogens with zero attached hydrogens (tertiary/aromatic N) is 3. The molecule has 1 N–H and O–H groups in total. The first-order chi connectivity index (χ1) is 25.1. The van der Waals surface area contributed by atoms with E-state index in [1.54, 1.807) is 6.07 Å². The molecule has 0 aliphatic carbocycles. The first kappa shape index (κ1) is 32.9. The minimum Gasteiger partial charge on any atom is -0.507 e. The molecule has 0 aliphatic rings. The zero-order chi connectivity index (χ0) is 36.0. The van der Waals surface area contributed by atoms with Crippen LogP contribution in [0.4, 0.5) is 0 Å². The van der Waals surface area contributed by atoms with Crippen molar-refractivity contribution in [3.8, 4) is 67.5 Å². The van der Waals surface area contributed by atoms with Crippen molar-refractivity contribution in [1.82, 2.24) is 14.5 Å². The lowest BCUT2D eigenvalue weighted by Gasteiger charge is -2.22. The van der Waals surface area contributed by atoms with E-state index >= 15 is 0 Å². The van der Waals surface area contributed by atoms with Crippen LogP contribution in [0.5, 0.6) is 5.75 Å². The predicted octanol–water partition coefficient (Wildman–Crippen LogP) is 12.4. The van der Waals surface area contributed by atoms with Crippen LogP contribution in [0, 0.1) is 13.8 Å². The molecule has 254 valence electrons. The third-order valence-corrected chi connectivity index (χ3v) is 9.86. The highest BCUT2D eigenvalue weighted by molar-refractivity contribution is 5.97. The minimum atomic E-state index is -0.111. The van der Waals surface area contributed by atoms with Gasteiger partial charge in [-0.3, -0.25) is 9.55 Å². The molecule has 6 aromatic carbocycles. The van der Waals surface area contributed by atoms with Crippen LogP contribution >= 0.6 is 0 Å². The van der Waals surface area contributed by atoms with Gasteiger partial charge < -0.3 is 5.11 Å². The molecule has 8 rings (SSSR count). The van der Waals surface area contributed by atoms with E-state index in [0.717, 1.165) is 55.8 Å². The third kappa shape index (κ3) is 6.18. The Bertz CT molecular complexity index is 2570. The Labute approximate surface area is 305 Å². The van der Waals surface area contributed by atoms with Crippen LogP contribution in [0.15, 0.2) is 152 Å². The highest BCUT2D eigenvalue weighted by Gasteiger charge is 2.23. The number of pyridine rings is 1. The SMILES string of the molecule is Cc1ccc(-c2ccnc(-c3cc(-c4cccc5c4nc(-c4ccccc4O)n5-c4ccc(C)cc4-c4ccccc4)cc(C(C)(C)C)c3)c2)cc1. The maximum Gasteiger partial charge on any atom is 0.149 e. The Kier molecular flexibility index (Phi) is 8.31. The first-order valence-electron chi connectivity index (χ1n) is 17.8. The van der Waals surface area contributed by atoms with Crippen LogP contribution in [-0.4, -0.2) is 19.6 Å². The van der Waals surface area contributed by atoms with Gasteiger partial charge in [0.25, 0.3) is 0 Å². The van der Waals surface area contributed by atoms with E-state index in [0.29, 0.717) is 11.4 Å². The molecule has 4 nitrogen and oxygen atoms in total. The largest absolute Gasteiger partial charge is 0.507 e. The van der Waals surface area contributed by atoms with Crippen molar-refractivity contribution < 1.29 is 5.11 Å². The minimum absolute atomic E-state index is 0.111. The highest BCUT2D eigenvalue weighted by atomic mass is 16.3. The Balaban J connectivity index is 1.38. The normalized spacial score (nSPS) is 11.6. The van der Waals surface area contributed by atoms with Crippen LogP contribution < -0.4 is 0 Å². The second kappa shape index (κ2) is 13.1. The monoisotopic (exact) mass is 675 g/mol. The number of imidazole rings is 1. The number of aromatic hydroxyl groups is 1. The fraction of sp³-hybridized carbons (Fsp3) is 0.125. The van der Waals surface area contributed by atoms with Gasteiger partial charge in [0.2, 0.25) is 0 Å². The van der Waals surface area contributed by atoms with Gasteiger partial charge in [-0.2, -0.15) is 0 Å². The Morgan fingerprint density at radius 2 is 1.25 bits per heavy atom. The second-order valence-corrected chi connectivity index (χ2v) is 14.7. The maximum atomic E-state index is 11.2. The van der Waals surface area contributed by atoms with Crippen molar-refractivity contribution in [1.29, 1.82) is 0 Å². The summed E-state index contributed by atoms with van der Waals surface area (Å²) in [5, 5.41) is 11.2. The van der Waals surface area contributed by atoms with Crippen LogP contribution in [0.3, 0.4) is 0 Å². The van der Waals surface area contributed by atoms with Crippen LogP contribution in [0.25, 0.3) is 72.7 Å². The van der Waals surface area contributed by atoms with Gasteiger partial charge in [-0.25, -0.2) is 4.98 Å². The summed E-state index contributed by atoms with van der Waals surface area (Å²) in [4.78, 5) is 10.3. The summed E-state index contributed by atoms with van der Waals surface area (Å²) < 4.78 is 2.21. The molecule has 2 heterocycles. The van der Waals surface area contributed by atoms with E-state index in [-0.39, 0.29) is 11.2 Å². The molecule has 0 radical (unpaired) electrons. The summed E-state index contributed by atoms with van der Waals surface area (Å²) in [5.74, 6) is 0.867. The number of rotatable bonds is 6. The van der Waals surface area contributed by atoms with E-state index in [1.807, 2.05) is 30.5 Å². The summed E-state index contributed by atoms with van der Waals surface area (Å²) in [6.07, 6.45) is 1.90. The lowest BCUT2D eigenvalue weighted by molar-refractivity contribution is 0.477. The molecule has 2 aromatic heterocycles. The van der Waals surface area contributed by atoms with Gasteiger partial charge in [-0.15, -0.1) is 0 Å². The molecule has 8 aromatic rings. The molecule has 0 saturated carbocycles. The lowest BCUT2D eigenvalue weighted by Crippen LogP contribution is -2.11. The summed E-state index contributed by atoms with van der Waals surface area (Å²) in [6, 6.07) is 50.6. The van der Waals surface area contributed by atoms with Crippen molar-refractivity contribution in [2.24, 2.45) is 0 Å². The lowest BCUT2D eigenvalue weighted by atomic mass is 9.83. The number of hydrogen-bond donors (Lipinski definition) is 1. The van der Waals surface area contributed by atoms with Crippen LogP contribution in [-0.2, 0) is 5.41 Å². The van der Waals surface area contributed by atoms with E-state index in [9.17, 15) is 5.11 Å². The summed E-state index contributed by atoms with van der Waals surface area (Å²) >= 11 is 0. The van der Waals surface area contributed by atoms with E-state index in [1.165, 1.54) is 22.3 Å². The molecule has 0 fully saturated rings.